The molecule has 7 nitrogen and oxygen atoms in total. The van der Waals surface area contributed by atoms with Gasteiger partial charge in [0.2, 0.25) is 5.76 Å². The Kier molecular flexibility index (Phi) is 2.74. The van der Waals surface area contributed by atoms with Gasteiger partial charge in [-0.25, -0.2) is 4.98 Å². The number of fused-ring (bicyclic) bond motifs is 1. The monoisotopic (exact) mass is 271 g/mol. The quantitative estimate of drug-likeness (QED) is 0.768. The van der Waals surface area contributed by atoms with Crippen molar-refractivity contribution >= 4 is 22.6 Å². The minimum atomic E-state index is -0.353. The first-order valence-electron chi connectivity index (χ1n) is 6.08. The van der Waals surface area contributed by atoms with Crippen molar-refractivity contribution in [2.24, 2.45) is 7.05 Å². The highest BCUT2D eigenvalue weighted by Gasteiger charge is 2.13. The first-order valence-corrected chi connectivity index (χ1v) is 6.08. The molecule has 0 atom stereocenters. The van der Waals surface area contributed by atoms with E-state index in [2.05, 4.69) is 20.6 Å². The van der Waals surface area contributed by atoms with E-state index in [0.29, 0.717) is 11.4 Å². The molecule has 0 saturated heterocycles. The molecule has 3 rings (SSSR count). The molecule has 3 aromatic rings. The summed E-state index contributed by atoms with van der Waals surface area (Å²) < 4.78 is 6.62. The van der Waals surface area contributed by atoms with Gasteiger partial charge in [0.05, 0.1) is 23.3 Å². The maximum Gasteiger partial charge on any atom is 0.294 e. The Morgan fingerprint density at radius 2 is 2.15 bits per heavy atom. The van der Waals surface area contributed by atoms with Crippen LogP contribution in [0.3, 0.4) is 0 Å². The Hall–Kier alpha value is -2.70. The fraction of sp³-hybridized carbons (Fsp3) is 0.231. The van der Waals surface area contributed by atoms with E-state index >= 15 is 0 Å². The summed E-state index contributed by atoms with van der Waals surface area (Å²) in [7, 11) is 1.83. The van der Waals surface area contributed by atoms with E-state index in [1.165, 1.54) is 0 Å². The molecule has 102 valence electrons. The van der Waals surface area contributed by atoms with Crippen LogP contribution in [0.1, 0.15) is 21.9 Å². The molecule has 0 bridgehead atoms. The molecule has 1 N–H and O–H groups in total. The molecular weight excluding hydrogens is 258 g/mol. The third kappa shape index (κ3) is 2.03. The second kappa shape index (κ2) is 4.44. The van der Waals surface area contributed by atoms with E-state index in [1.807, 2.05) is 20.0 Å². The predicted molar refractivity (Wildman–Crippen MR) is 72.4 cm³/mol. The van der Waals surface area contributed by atoms with E-state index < -0.39 is 0 Å². The van der Waals surface area contributed by atoms with Gasteiger partial charge in [0.15, 0.2) is 5.65 Å². The maximum absolute atomic E-state index is 12.0. The van der Waals surface area contributed by atoms with Crippen molar-refractivity contribution in [3.8, 4) is 0 Å². The van der Waals surface area contributed by atoms with E-state index in [0.717, 1.165) is 16.7 Å². The Morgan fingerprint density at radius 1 is 1.35 bits per heavy atom. The zero-order valence-electron chi connectivity index (χ0n) is 11.3. The van der Waals surface area contributed by atoms with Crippen molar-refractivity contribution < 1.29 is 9.32 Å². The molecule has 20 heavy (non-hydrogen) atoms. The summed E-state index contributed by atoms with van der Waals surface area (Å²) in [4.78, 5) is 16.3. The molecule has 7 heteroatoms. The van der Waals surface area contributed by atoms with Crippen molar-refractivity contribution in [2.45, 2.75) is 13.8 Å². The highest BCUT2D eigenvalue weighted by Crippen LogP contribution is 2.19. The number of hydrogen-bond acceptors (Lipinski definition) is 5. The van der Waals surface area contributed by atoms with Crippen molar-refractivity contribution in [2.75, 3.05) is 5.32 Å². The summed E-state index contributed by atoms with van der Waals surface area (Å²) in [6.07, 6.45) is 1.59. The van der Waals surface area contributed by atoms with Crippen LogP contribution in [0, 0.1) is 13.8 Å². The minimum absolute atomic E-state index is 0.172. The fourth-order valence-electron chi connectivity index (χ4n) is 2.04. The number of pyridine rings is 1. The molecule has 0 unspecified atom stereocenters. The number of rotatable bonds is 2. The second-order valence-electron chi connectivity index (χ2n) is 4.59. The lowest BCUT2D eigenvalue weighted by molar-refractivity contribution is 0.0988. The number of carbonyl (C=O) groups excluding carboxylic acids is 1. The van der Waals surface area contributed by atoms with Crippen molar-refractivity contribution in [3.63, 3.8) is 0 Å². The number of aromatic nitrogens is 4. The van der Waals surface area contributed by atoms with Gasteiger partial charge in [-0.3, -0.25) is 9.48 Å². The van der Waals surface area contributed by atoms with E-state index in [4.69, 9.17) is 4.52 Å². The fourth-order valence-corrected chi connectivity index (χ4v) is 2.04. The molecule has 3 heterocycles. The van der Waals surface area contributed by atoms with Crippen LogP contribution < -0.4 is 5.32 Å². The average molecular weight is 271 g/mol. The molecule has 0 aliphatic heterocycles. The number of amides is 1. The maximum atomic E-state index is 12.0. The Labute approximate surface area is 114 Å². The molecular formula is C13H13N5O2. The van der Waals surface area contributed by atoms with Gasteiger partial charge in [0, 0.05) is 18.5 Å². The number of aryl methyl sites for hydroxylation is 3. The smallest absolute Gasteiger partial charge is 0.294 e. The van der Waals surface area contributed by atoms with Crippen LogP contribution in [0.15, 0.2) is 22.9 Å². The number of hydrogen-bond donors (Lipinski definition) is 1. The highest BCUT2D eigenvalue weighted by atomic mass is 16.5. The number of carbonyl (C=O) groups is 1. The van der Waals surface area contributed by atoms with Gasteiger partial charge in [-0.2, -0.15) is 5.10 Å². The van der Waals surface area contributed by atoms with Crippen LogP contribution in [0.5, 0.6) is 0 Å². The zero-order valence-corrected chi connectivity index (χ0v) is 11.3. The molecule has 0 aromatic carbocycles. The molecule has 1 amide bonds. The summed E-state index contributed by atoms with van der Waals surface area (Å²) in [5, 5.41) is 11.6. The average Bonchev–Trinajstić information content (AvgIpc) is 2.95. The lowest BCUT2D eigenvalue weighted by Crippen LogP contribution is -2.11. The lowest BCUT2D eigenvalue weighted by atomic mass is 10.2. The van der Waals surface area contributed by atoms with Gasteiger partial charge in [-0.1, -0.05) is 5.16 Å². The Morgan fingerprint density at radius 3 is 2.85 bits per heavy atom. The number of nitrogens with zero attached hydrogens (tertiary/aromatic N) is 4. The molecule has 3 aromatic heterocycles. The van der Waals surface area contributed by atoms with Crippen LogP contribution >= 0.6 is 0 Å². The molecule has 0 aliphatic carbocycles. The summed E-state index contributed by atoms with van der Waals surface area (Å²) in [6, 6.07) is 3.42. The third-order valence-electron chi connectivity index (χ3n) is 2.97. The van der Waals surface area contributed by atoms with Crippen LogP contribution in [-0.2, 0) is 7.05 Å². The topological polar surface area (TPSA) is 85.8 Å². The van der Waals surface area contributed by atoms with Crippen LogP contribution in [0.4, 0.5) is 5.69 Å². The summed E-state index contributed by atoms with van der Waals surface area (Å²) in [6.45, 7) is 3.66. The van der Waals surface area contributed by atoms with Crippen LogP contribution in [-0.4, -0.2) is 25.8 Å². The number of nitrogens with one attached hydrogen (secondary N) is 1. The zero-order chi connectivity index (χ0) is 14.3. The minimum Gasteiger partial charge on any atom is -0.351 e. The van der Waals surface area contributed by atoms with Gasteiger partial charge in [0.25, 0.3) is 5.91 Å². The molecule has 0 fully saturated rings. The normalized spacial score (nSPS) is 10.9. The SMILES string of the molecule is Cc1cc(C(=O)Nc2cnc3c(c2)c(C)nn3C)on1. The summed E-state index contributed by atoms with van der Waals surface area (Å²) >= 11 is 0. The number of anilines is 1. The summed E-state index contributed by atoms with van der Waals surface area (Å²) in [5.74, 6) is -0.182. The molecule has 0 spiro atoms. The van der Waals surface area contributed by atoms with Gasteiger partial charge < -0.3 is 9.84 Å². The Bertz CT molecular complexity index is 802. The summed E-state index contributed by atoms with van der Waals surface area (Å²) in [5.41, 5.74) is 2.89. The molecule has 0 aliphatic rings. The first-order chi connectivity index (χ1) is 9.54. The highest BCUT2D eigenvalue weighted by molar-refractivity contribution is 6.03. The van der Waals surface area contributed by atoms with Gasteiger partial charge in [-0.15, -0.1) is 0 Å². The standard InChI is InChI=1S/C13H13N5O2/c1-7-4-11(20-17-7)13(19)15-9-5-10-8(2)16-18(3)12(10)14-6-9/h4-6H,1-3H3,(H,15,19). The van der Waals surface area contributed by atoms with Crippen LogP contribution in [0.25, 0.3) is 11.0 Å². The molecule has 0 radical (unpaired) electrons. The predicted octanol–water partition coefficient (Wildman–Crippen LogP) is 1.83. The Balaban J connectivity index is 1.91. The van der Waals surface area contributed by atoms with Gasteiger partial charge in [0.1, 0.15) is 0 Å². The van der Waals surface area contributed by atoms with Crippen molar-refractivity contribution in [3.05, 3.63) is 35.5 Å². The van der Waals surface area contributed by atoms with E-state index in [1.54, 1.807) is 23.9 Å². The van der Waals surface area contributed by atoms with Gasteiger partial charge >= 0.3 is 0 Å². The lowest BCUT2D eigenvalue weighted by Gasteiger charge is -2.02. The van der Waals surface area contributed by atoms with Gasteiger partial charge in [-0.05, 0) is 19.9 Å². The van der Waals surface area contributed by atoms with Crippen LogP contribution in [0.2, 0.25) is 0 Å². The van der Waals surface area contributed by atoms with E-state index in [9.17, 15) is 4.79 Å². The molecule has 0 saturated carbocycles. The van der Waals surface area contributed by atoms with Crippen molar-refractivity contribution in [1.82, 2.24) is 19.9 Å². The van der Waals surface area contributed by atoms with E-state index in [-0.39, 0.29) is 11.7 Å². The van der Waals surface area contributed by atoms with Crippen molar-refractivity contribution in [1.29, 1.82) is 0 Å². The third-order valence-corrected chi connectivity index (χ3v) is 2.97. The largest absolute Gasteiger partial charge is 0.351 e. The first kappa shape index (κ1) is 12.3. The second-order valence-corrected chi connectivity index (χ2v) is 4.59.